The fourth-order valence-electron chi connectivity index (χ4n) is 1.93. The first kappa shape index (κ1) is 13.9. The van der Waals surface area contributed by atoms with E-state index in [9.17, 15) is 14.3 Å². The number of amides is 1. The Kier molecular flexibility index (Phi) is 3.89. The molecule has 2 aromatic carbocycles. The molecule has 0 bridgehead atoms. The van der Waals surface area contributed by atoms with Crippen molar-refractivity contribution < 1.29 is 14.3 Å². The maximum absolute atomic E-state index is 13.3. The highest BCUT2D eigenvalue weighted by molar-refractivity contribution is 5.94. The number of phenolic OH excluding ortho intramolecular Hbond substituents is 1. The predicted octanol–water partition coefficient (Wildman–Crippen LogP) is 2.39. The van der Waals surface area contributed by atoms with E-state index in [-0.39, 0.29) is 29.5 Å². The molecule has 20 heavy (non-hydrogen) atoms. The largest absolute Gasteiger partial charge is 0.508 e. The monoisotopic (exact) mass is 274 g/mol. The van der Waals surface area contributed by atoms with Crippen molar-refractivity contribution in [1.82, 2.24) is 4.90 Å². The van der Waals surface area contributed by atoms with Crippen LogP contribution in [0.3, 0.4) is 0 Å². The highest BCUT2D eigenvalue weighted by atomic mass is 19.1. The van der Waals surface area contributed by atoms with Crippen molar-refractivity contribution in [2.45, 2.75) is 6.54 Å². The lowest BCUT2D eigenvalue weighted by Gasteiger charge is -2.18. The highest BCUT2D eigenvalue weighted by Gasteiger charge is 2.14. The van der Waals surface area contributed by atoms with Gasteiger partial charge in [0.05, 0.1) is 0 Å². The van der Waals surface area contributed by atoms with Gasteiger partial charge in [0.1, 0.15) is 11.6 Å². The summed E-state index contributed by atoms with van der Waals surface area (Å²) < 4.78 is 13.3. The van der Waals surface area contributed by atoms with E-state index in [4.69, 9.17) is 5.73 Å². The third-order valence-electron chi connectivity index (χ3n) is 2.91. The van der Waals surface area contributed by atoms with Gasteiger partial charge in [0.25, 0.3) is 5.91 Å². The van der Waals surface area contributed by atoms with Crippen molar-refractivity contribution in [1.29, 1.82) is 0 Å². The van der Waals surface area contributed by atoms with Gasteiger partial charge >= 0.3 is 0 Å². The van der Waals surface area contributed by atoms with Crippen molar-refractivity contribution in [2.75, 3.05) is 12.8 Å². The van der Waals surface area contributed by atoms with E-state index in [1.165, 1.54) is 11.0 Å². The maximum Gasteiger partial charge on any atom is 0.254 e. The van der Waals surface area contributed by atoms with E-state index >= 15 is 0 Å². The molecule has 0 fully saturated rings. The van der Waals surface area contributed by atoms with Crippen LogP contribution in [0, 0.1) is 5.82 Å². The number of carbonyl (C=O) groups excluding carboxylic acids is 1. The third-order valence-corrected chi connectivity index (χ3v) is 2.91. The Morgan fingerprint density at radius 1 is 1.30 bits per heavy atom. The molecule has 0 radical (unpaired) electrons. The fourth-order valence-corrected chi connectivity index (χ4v) is 1.93. The van der Waals surface area contributed by atoms with Gasteiger partial charge in [-0.05, 0) is 24.3 Å². The van der Waals surface area contributed by atoms with Crippen LogP contribution >= 0.6 is 0 Å². The summed E-state index contributed by atoms with van der Waals surface area (Å²) in [5, 5.41) is 9.68. The van der Waals surface area contributed by atoms with Crippen molar-refractivity contribution in [3.8, 4) is 5.75 Å². The molecule has 0 spiro atoms. The van der Waals surface area contributed by atoms with Gasteiger partial charge in [0.15, 0.2) is 0 Å². The molecule has 0 aromatic heterocycles. The second-order valence-electron chi connectivity index (χ2n) is 4.56. The number of nitrogen functional groups attached to an aromatic ring is 1. The molecule has 0 aliphatic rings. The van der Waals surface area contributed by atoms with Gasteiger partial charge in [-0.25, -0.2) is 4.39 Å². The first-order chi connectivity index (χ1) is 9.47. The van der Waals surface area contributed by atoms with Gasteiger partial charge in [-0.3, -0.25) is 4.79 Å². The minimum Gasteiger partial charge on any atom is -0.508 e. The molecule has 2 rings (SSSR count). The molecule has 2 aromatic rings. The Labute approximate surface area is 116 Å². The van der Waals surface area contributed by atoms with Crippen LogP contribution in [0.1, 0.15) is 15.9 Å². The number of benzene rings is 2. The summed E-state index contributed by atoms with van der Waals surface area (Å²) >= 11 is 0. The number of rotatable bonds is 3. The number of hydrogen-bond donors (Lipinski definition) is 2. The normalized spacial score (nSPS) is 10.3. The van der Waals surface area contributed by atoms with Gasteiger partial charge < -0.3 is 15.7 Å². The van der Waals surface area contributed by atoms with Crippen molar-refractivity contribution >= 4 is 11.6 Å². The number of para-hydroxylation sites is 1. The quantitative estimate of drug-likeness (QED) is 0.844. The molecule has 4 nitrogen and oxygen atoms in total. The van der Waals surface area contributed by atoms with Gasteiger partial charge in [0, 0.05) is 30.4 Å². The Hall–Kier alpha value is -2.56. The molecule has 0 aliphatic carbocycles. The molecule has 0 saturated heterocycles. The topological polar surface area (TPSA) is 66.6 Å². The lowest BCUT2D eigenvalue weighted by molar-refractivity contribution is 0.0784. The first-order valence-electron chi connectivity index (χ1n) is 6.06. The molecular formula is C15H15FN2O2. The van der Waals surface area contributed by atoms with E-state index in [0.29, 0.717) is 5.56 Å². The summed E-state index contributed by atoms with van der Waals surface area (Å²) in [5.74, 6) is -0.797. The van der Waals surface area contributed by atoms with Crippen LogP contribution in [-0.2, 0) is 6.54 Å². The number of phenols is 1. The van der Waals surface area contributed by atoms with E-state index < -0.39 is 5.82 Å². The number of nitrogens with two attached hydrogens (primary N) is 1. The Balaban J connectivity index is 2.18. The summed E-state index contributed by atoms with van der Waals surface area (Å²) in [7, 11) is 1.58. The lowest BCUT2D eigenvalue weighted by Crippen LogP contribution is -2.26. The first-order valence-corrected chi connectivity index (χ1v) is 6.06. The van der Waals surface area contributed by atoms with E-state index in [0.717, 1.165) is 12.1 Å². The summed E-state index contributed by atoms with van der Waals surface area (Å²) in [6, 6.07) is 10.5. The Morgan fingerprint density at radius 2 is 2.00 bits per heavy atom. The molecule has 0 heterocycles. The zero-order valence-corrected chi connectivity index (χ0v) is 11.0. The van der Waals surface area contributed by atoms with E-state index in [2.05, 4.69) is 0 Å². The number of carbonyl (C=O) groups is 1. The van der Waals surface area contributed by atoms with Gasteiger partial charge in [-0.1, -0.05) is 18.2 Å². The maximum atomic E-state index is 13.3. The number of nitrogens with zero attached hydrogens (tertiary/aromatic N) is 1. The van der Waals surface area contributed by atoms with Gasteiger partial charge in [-0.2, -0.15) is 0 Å². The van der Waals surface area contributed by atoms with E-state index in [1.807, 2.05) is 0 Å². The zero-order valence-electron chi connectivity index (χ0n) is 11.0. The smallest absolute Gasteiger partial charge is 0.254 e. The summed E-state index contributed by atoms with van der Waals surface area (Å²) in [6.45, 7) is 0.224. The Bertz CT molecular complexity index is 623. The highest BCUT2D eigenvalue weighted by Crippen LogP contribution is 2.19. The van der Waals surface area contributed by atoms with Crippen LogP contribution in [0.4, 0.5) is 10.1 Å². The van der Waals surface area contributed by atoms with Crippen LogP contribution in [-0.4, -0.2) is 23.0 Å². The molecule has 1 amide bonds. The second-order valence-corrected chi connectivity index (χ2v) is 4.56. The minimum absolute atomic E-state index is 0.117. The second kappa shape index (κ2) is 5.61. The summed E-state index contributed by atoms with van der Waals surface area (Å²) in [4.78, 5) is 13.6. The molecule has 0 atom stereocenters. The number of halogens is 1. The van der Waals surface area contributed by atoms with Crippen LogP contribution in [0.25, 0.3) is 0 Å². The van der Waals surface area contributed by atoms with Crippen molar-refractivity contribution in [3.05, 3.63) is 59.4 Å². The number of hydrogen-bond acceptors (Lipinski definition) is 3. The molecule has 0 unspecified atom stereocenters. The van der Waals surface area contributed by atoms with Crippen molar-refractivity contribution in [3.63, 3.8) is 0 Å². The van der Waals surface area contributed by atoms with Crippen LogP contribution in [0.15, 0.2) is 42.5 Å². The van der Waals surface area contributed by atoms with Gasteiger partial charge in [0.2, 0.25) is 0 Å². The number of anilines is 1. The molecule has 0 aliphatic heterocycles. The number of aromatic hydroxyl groups is 1. The van der Waals surface area contributed by atoms with E-state index in [1.54, 1.807) is 31.3 Å². The Morgan fingerprint density at radius 3 is 2.65 bits per heavy atom. The SMILES string of the molecule is CN(Cc1ccccc1O)C(=O)c1cc(N)cc(F)c1. The predicted molar refractivity (Wildman–Crippen MR) is 74.7 cm³/mol. The minimum atomic E-state index is -0.552. The summed E-state index contributed by atoms with van der Waals surface area (Å²) in [6.07, 6.45) is 0. The standard InChI is InChI=1S/C15H15FN2O2/c1-18(9-10-4-2-3-5-14(10)19)15(20)11-6-12(16)8-13(17)7-11/h2-8,19H,9,17H2,1H3. The van der Waals surface area contributed by atoms with Crippen LogP contribution in [0.5, 0.6) is 5.75 Å². The van der Waals surface area contributed by atoms with Crippen LogP contribution in [0.2, 0.25) is 0 Å². The molecule has 5 heteroatoms. The molecule has 104 valence electrons. The average molecular weight is 274 g/mol. The summed E-state index contributed by atoms with van der Waals surface area (Å²) in [5.41, 5.74) is 6.52. The molecular weight excluding hydrogens is 259 g/mol. The third kappa shape index (κ3) is 3.06. The molecule has 0 saturated carbocycles. The average Bonchev–Trinajstić information content (AvgIpc) is 2.39. The van der Waals surface area contributed by atoms with Gasteiger partial charge in [-0.15, -0.1) is 0 Å². The van der Waals surface area contributed by atoms with Crippen molar-refractivity contribution in [2.24, 2.45) is 0 Å². The fraction of sp³-hybridized carbons (Fsp3) is 0.133. The zero-order chi connectivity index (χ0) is 14.7. The molecule has 3 N–H and O–H groups in total. The lowest BCUT2D eigenvalue weighted by atomic mass is 10.1. The van der Waals surface area contributed by atoms with Crippen LogP contribution < -0.4 is 5.73 Å².